The highest BCUT2D eigenvalue weighted by Crippen LogP contribution is 2.23. The summed E-state index contributed by atoms with van der Waals surface area (Å²) >= 11 is 0. The van der Waals surface area contributed by atoms with Gasteiger partial charge in [0.15, 0.2) is 0 Å². The summed E-state index contributed by atoms with van der Waals surface area (Å²) < 4.78 is 0. The highest BCUT2D eigenvalue weighted by molar-refractivity contribution is 5.87. The van der Waals surface area contributed by atoms with Gasteiger partial charge in [-0.3, -0.25) is 4.79 Å². The molecule has 0 radical (unpaired) electrons. The molecule has 1 fully saturated rings. The zero-order chi connectivity index (χ0) is 25.4. The first kappa shape index (κ1) is 32.2. The minimum Gasteiger partial charge on any atom is -0.339 e. The molecule has 0 N–H and O–H groups in total. The van der Waals surface area contributed by atoms with E-state index in [4.69, 9.17) is 0 Å². The van der Waals surface area contributed by atoms with Crippen LogP contribution in [0, 0.1) is 11.8 Å². The first-order chi connectivity index (χ1) is 17.1. The summed E-state index contributed by atoms with van der Waals surface area (Å²) in [5.41, 5.74) is 0. The lowest BCUT2D eigenvalue weighted by Crippen LogP contribution is -2.25. The third-order valence-electron chi connectivity index (χ3n) is 8.10. The summed E-state index contributed by atoms with van der Waals surface area (Å²) in [6, 6.07) is 0. The third-order valence-corrected chi connectivity index (χ3v) is 8.10. The Balaban J connectivity index is 1.76. The molecule has 1 amide bonds. The fourth-order valence-electron chi connectivity index (χ4n) is 5.77. The van der Waals surface area contributed by atoms with Crippen LogP contribution >= 0.6 is 0 Å². The van der Waals surface area contributed by atoms with E-state index in [0.717, 1.165) is 31.3 Å². The number of hydrogen-bond acceptors (Lipinski definition) is 1. The Kier molecular flexibility index (Phi) is 21.7. The number of carbonyl (C=O) groups is 1. The minimum absolute atomic E-state index is 0.227. The molecule has 0 saturated carbocycles. The van der Waals surface area contributed by atoms with Gasteiger partial charge in [0.2, 0.25) is 5.91 Å². The highest BCUT2D eigenvalue weighted by Gasteiger charge is 2.14. The van der Waals surface area contributed by atoms with Crippen LogP contribution in [-0.4, -0.2) is 23.9 Å². The molecule has 2 heteroatoms. The van der Waals surface area contributed by atoms with E-state index in [1.807, 2.05) is 11.0 Å². The quantitative estimate of drug-likeness (QED) is 0.0975. The van der Waals surface area contributed by atoms with Crippen LogP contribution in [0.2, 0.25) is 0 Å². The Labute approximate surface area is 221 Å². The molecule has 1 aliphatic rings. The molecule has 0 aliphatic carbocycles. The second-order valence-electron chi connectivity index (χ2n) is 11.9. The molecule has 0 aromatic carbocycles. The van der Waals surface area contributed by atoms with Gasteiger partial charge in [-0.15, -0.1) is 0 Å². The van der Waals surface area contributed by atoms with E-state index in [2.05, 4.69) is 26.8 Å². The maximum Gasteiger partial charge on any atom is 0.246 e. The SMILES string of the molecule is CCCCCCC(C)CC(C)CCCCCCCCCCCCCCCC=CC(=O)N1CCCC1. The lowest BCUT2D eigenvalue weighted by atomic mass is 9.89. The lowest BCUT2D eigenvalue weighted by Gasteiger charge is -2.17. The highest BCUT2D eigenvalue weighted by atomic mass is 16.2. The summed E-state index contributed by atoms with van der Waals surface area (Å²) in [6.45, 7) is 9.18. The van der Waals surface area contributed by atoms with Gasteiger partial charge < -0.3 is 4.90 Å². The van der Waals surface area contributed by atoms with Crippen LogP contribution in [0.3, 0.4) is 0 Å². The van der Waals surface area contributed by atoms with Crippen molar-refractivity contribution in [2.45, 2.75) is 168 Å². The van der Waals surface area contributed by atoms with Gasteiger partial charge in [-0.2, -0.15) is 0 Å². The Morgan fingerprint density at radius 2 is 1.09 bits per heavy atom. The molecule has 2 nitrogen and oxygen atoms in total. The molecular weight excluding hydrogens is 426 g/mol. The van der Waals surface area contributed by atoms with Crippen molar-refractivity contribution in [1.29, 1.82) is 0 Å². The molecule has 1 rings (SSSR count). The Bertz CT molecular complexity index is 493. The first-order valence-corrected chi connectivity index (χ1v) is 16.1. The number of amides is 1. The monoisotopic (exact) mass is 489 g/mol. The molecule has 2 unspecified atom stereocenters. The number of unbranched alkanes of at least 4 members (excludes halogenated alkanes) is 16. The number of rotatable bonds is 24. The Hall–Kier alpha value is -0.790. The average molecular weight is 490 g/mol. The van der Waals surface area contributed by atoms with Crippen molar-refractivity contribution >= 4 is 5.91 Å². The van der Waals surface area contributed by atoms with Crippen molar-refractivity contribution in [2.75, 3.05) is 13.1 Å². The van der Waals surface area contributed by atoms with Gasteiger partial charge >= 0.3 is 0 Å². The van der Waals surface area contributed by atoms with Crippen LogP contribution in [0.5, 0.6) is 0 Å². The molecule has 35 heavy (non-hydrogen) atoms. The Morgan fingerprint density at radius 1 is 0.657 bits per heavy atom. The summed E-state index contributed by atoms with van der Waals surface area (Å²) in [7, 11) is 0. The zero-order valence-corrected chi connectivity index (χ0v) is 24.3. The van der Waals surface area contributed by atoms with Gasteiger partial charge in [0.1, 0.15) is 0 Å². The van der Waals surface area contributed by atoms with Crippen molar-refractivity contribution in [2.24, 2.45) is 11.8 Å². The van der Waals surface area contributed by atoms with Crippen molar-refractivity contribution in [3.63, 3.8) is 0 Å². The number of allylic oxidation sites excluding steroid dienone is 1. The molecule has 206 valence electrons. The van der Waals surface area contributed by atoms with E-state index in [1.165, 1.54) is 141 Å². The molecule has 0 aromatic heterocycles. The van der Waals surface area contributed by atoms with Crippen molar-refractivity contribution in [3.05, 3.63) is 12.2 Å². The van der Waals surface area contributed by atoms with E-state index in [9.17, 15) is 4.79 Å². The fraction of sp³-hybridized carbons (Fsp3) is 0.909. The number of hydrogen-bond donors (Lipinski definition) is 0. The fourth-order valence-corrected chi connectivity index (χ4v) is 5.77. The predicted molar refractivity (Wildman–Crippen MR) is 156 cm³/mol. The number of nitrogens with zero attached hydrogens (tertiary/aromatic N) is 1. The number of carbonyl (C=O) groups excluding carboxylic acids is 1. The summed E-state index contributed by atoms with van der Waals surface area (Å²) in [6.07, 6.45) is 35.7. The van der Waals surface area contributed by atoms with Crippen LogP contribution in [0.4, 0.5) is 0 Å². The van der Waals surface area contributed by atoms with Gasteiger partial charge in [0.25, 0.3) is 0 Å². The topological polar surface area (TPSA) is 20.3 Å². The molecular formula is C33H63NO. The van der Waals surface area contributed by atoms with E-state index in [0.29, 0.717) is 0 Å². The van der Waals surface area contributed by atoms with Gasteiger partial charge in [0.05, 0.1) is 0 Å². The van der Waals surface area contributed by atoms with Gasteiger partial charge in [-0.1, -0.05) is 142 Å². The normalized spacial score (nSPS) is 15.8. The molecule has 1 aliphatic heterocycles. The smallest absolute Gasteiger partial charge is 0.246 e. The van der Waals surface area contributed by atoms with Crippen LogP contribution < -0.4 is 0 Å². The molecule has 0 aromatic rings. The Morgan fingerprint density at radius 3 is 1.57 bits per heavy atom. The van der Waals surface area contributed by atoms with Crippen LogP contribution in [0.15, 0.2) is 12.2 Å². The zero-order valence-electron chi connectivity index (χ0n) is 24.3. The van der Waals surface area contributed by atoms with Crippen molar-refractivity contribution in [1.82, 2.24) is 4.90 Å². The van der Waals surface area contributed by atoms with E-state index >= 15 is 0 Å². The molecule has 1 heterocycles. The molecule has 1 saturated heterocycles. The van der Waals surface area contributed by atoms with Crippen molar-refractivity contribution < 1.29 is 4.79 Å². The van der Waals surface area contributed by atoms with E-state index in [-0.39, 0.29) is 5.91 Å². The molecule has 0 spiro atoms. The predicted octanol–water partition coefficient (Wildman–Crippen LogP) is 10.6. The van der Waals surface area contributed by atoms with Crippen LogP contribution in [0.1, 0.15) is 168 Å². The molecule has 0 bridgehead atoms. The summed E-state index contributed by atoms with van der Waals surface area (Å²) in [5.74, 6) is 2.09. The third kappa shape index (κ3) is 20.0. The number of likely N-dealkylation sites (tertiary alicyclic amines) is 1. The van der Waals surface area contributed by atoms with Gasteiger partial charge in [-0.05, 0) is 50.0 Å². The van der Waals surface area contributed by atoms with Gasteiger partial charge in [-0.25, -0.2) is 0 Å². The van der Waals surface area contributed by atoms with E-state index in [1.54, 1.807) is 0 Å². The summed E-state index contributed by atoms with van der Waals surface area (Å²) in [5, 5.41) is 0. The van der Waals surface area contributed by atoms with Gasteiger partial charge in [0, 0.05) is 13.1 Å². The maximum absolute atomic E-state index is 11.9. The maximum atomic E-state index is 11.9. The first-order valence-electron chi connectivity index (χ1n) is 16.1. The second kappa shape index (κ2) is 23.6. The summed E-state index contributed by atoms with van der Waals surface area (Å²) in [4.78, 5) is 13.9. The van der Waals surface area contributed by atoms with E-state index < -0.39 is 0 Å². The average Bonchev–Trinajstić information content (AvgIpc) is 3.39. The second-order valence-corrected chi connectivity index (χ2v) is 11.9. The van der Waals surface area contributed by atoms with Crippen molar-refractivity contribution in [3.8, 4) is 0 Å². The molecule has 2 atom stereocenters. The standard InChI is InChI=1S/C33H63NO/c1-4-5-6-20-25-31(2)30-32(3)26-21-18-16-14-12-10-8-7-9-11-13-15-17-19-22-27-33(35)34-28-23-24-29-34/h22,27,31-32H,4-21,23-26,28-30H2,1-3H3. The minimum atomic E-state index is 0.227. The van der Waals surface area contributed by atoms with Crippen LogP contribution in [0.25, 0.3) is 0 Å². The largest absolute Gasteiger partial charge is 0.339 e. The van der Waals surface area contributed by atoms with Crippen LogP contribution in [-0.2, 0) is 4.79 Å². The lowest BCUT2D eigenvalue weighted by molar-refractivity contribution is -0.125.